The van der Waals surface area contributed by atoms with Crippen LogP contribution >= 0.6 is 33.2 Å². The molecule has 0 saturated carbocycles. The molecule has 0 unspecified atom stereocenters. The van der Waals surface area contributed by atoms with E-state index in [0.717, 1.165) is 12.5 Å². The monoisotopic (exact) mass is 220 g/mol. The molecule has 0 aromatic rings. The Labute approximate surface area is 74.4 Å². The summed E-state index contributed by atoms with van der Waals surface area (Å²) in [4.78, 5) is 0. The van der Waals surface area contributed by atoms with E-state index in [4.69, 9.17) is 33.2 Å². The number of hydrogen-bond donors (Lipinski definition) is 0. The minimum absolute atomic E-state index is 0.833. The van der Waals surface area contributed by atoms with Crippen molar-refractivity contribution in [3.63, 3.8) is 0 Å². The van der Waals surface area contributed by atoms with Gasteiger partial charge in [-0.05, 0) is 6.04 Å². The third-order valence-corrected chi connectivity index (χ3v) is 4.39. The first-order valence-corrected chi connectivity index (χ1v) is 9.78. The Morgan fingerprint density at radius 3 is 2.00 bits per heavy atom. The van der Waals surface area contributed by atoms with Crippen molar-refractivity contribution in [2.45, 2.75) is 24.9 Å². The van der Waals surface area contributed by atoms with E-state index in [0.29, 0.717) is 0 Å². The largest absolute Gasteiger partial charge is 0.341 e. The molecule has 0 nitrogen and oxygen atoms in total. The van der Waals surface area contributed by atoms with Crippen molar-refractivity contribution >= 4 is 49.5 Å². The normalized spacial score (nSPS) is 12.3. The zero-order chi connectivity index (χ0) is 7.33. The van der Waals surface area contributed by atoms with Gasteiger partial charge in [0, 0.05) is 10.2 Å². The Hall–Kier alpha value is 1.30. The van der Waals surface area contributed by atoms with Gasteiger partial charge < -0.3 is 0 Å². The molecular formula is C4H11Cl3Si2. The van der Waals surface area contributed by atoms with Crippen LogP contribution in [0.5, 0.6) is 0 Å². The lowest BCUT2D eigenvalue weighted by Crippen LogP contribution is -2.07. The highest BCUT2D eigenvalue weighted by atomic mass is 35.8. The van der Waals surface area contributed by atoms with Crippen LogP contribution in [0.1, 0.15) is 12.8 Å². The van der Waals surface area contributed by atoms with E-state index in [1.165, 1.54) is 22.7 Å². The van der Waals surface area contributed by atoms with Crippen LogP contribution < -0.4 is 0 Å². The number of rotatable bonds is 4. The second-order valence-corrected chi connectivity index (χ2v) is 12.4. The molecule has 0 aliphatic rings. The Morgan fingerprint density at radius 1 is 1.11 bits per heavy atom. The van der Waals surface area contributed by atoms with Gasteiger partial charge in [-0.2, -0.15) is 0 Å². The summed E-state index contributed by atoms with van der Waals surface area (Å²) < 4.78 is 0. The third-order valence-electron chi connectivity index (χ3n) is 1.06. The summed E-state index contributed by atoms with van der Waals surface area (Å²) in [6.07, 6.45) is 2.35. The topological polar surface area (TPSA) is 0 Å². The van der Waals surface area contributed by atoms with Crippen molar-refractivity contribution in [1.82, 2.24) is 0 Å². The summed E-state index contributed by atoms with van der Waals surface area (Å²) in [5.41, 5.74) is 0. The van der Waals surface area contributed by atoms with Crippen LogP contribution in [0.15, 0.2) is 0 Å². The molecular weight excluding hydrogens is 211 g/mol. The maximum Gasteiger partial charge on any atom is 0.341 e. The van der Waals surface area contributed by atoms with E-state index in [2.05, 4.69) is 0 Å². The molecule has 0 saturated heterocycles. The van der Waals surface area contributed by atoms with Crippen LogP contribution in [0.3, 0.4) is 0 Å². The van der Waals surface area contributed by atoms with Crippen LogP contribution in [-0.4, -0.2) is 16.2 Å². The maximum absolute atomic E-state index is 5.65. The predicted octanol–water partition coefficient (Wildman–Crippen LogP) is 2.21. The number of unbranched alkanes of at least 4 members (excludes halogenated alkanes) is 1. The molecule has 56 valence electrons. The molecule has 0 aliphatic carbocycles. The van der Waals surface area contributed by atoms with E-state index in [1.807, 2.05) is 0 Å². The van der Waals surface area contributed by atoms with E-state index >= 15 is 0 Å². The predicted molar refractivity (Wildman–Crippen MR) is 52.1 cm³/mol. The van der Waals surface area contributed by atoms with Gasteiger partial charge in [-0.25, -0.2) is 0 Å². The molecule has 0 bridgehead atoms. The molecule has 0 N–H and O–H groups in total. The molecule has 9 heavy (non-hydrogen) atoms. The van der Waals surface area contributed by atoms with Crippen molar-refractivity contribution in [1.29, 1.82) is 0 Å². The van der Waals surface area contributed by atoms with Crippen molar-refractivity contribution < 1.29 is 0 Å². The van der Waals surface area contributed by atoms with Gasteiger partial charge in [0.1, 0.15) is 0 Å². The minimum Gasteiger partial charge on any atom is -0.126 e. The summed E-state index contributed by atoms with van der Waals surface area (Å²) in [5, 5.41) is 0. The SMILES string of the molecule is [SiH3]CCCC[Si](Cl)(Cl)Cl. The summed E-state index contributed by atoms with van der Waals surface area (Å²) in [6, 6.07) is -0.101. The van der Waals surface area contributed by atoms with Gasteiger partial charge in [0.2, 0.25) is 0 Å². The highest BCUT2D eigenvalue weighted by Crippen LogP contribution is 2.27. The van der Waals surface area contributed by atoms with Crippen molar-refractivity contribution in [2.75, 3.05) is 0 Å². The molecule has 0 aromatic heterocycles. The fourth-order valence-electron chi connectivity index (χ4n) is 0.575. The standard InChI is InChI=1S/C4H11Cl3Si2/c5-9(6,7)4-2-1-3-8/h1-4H2,8H3. The first-order chi connectivity index (χ1) is 4.06. The molecule has 0 fully saturated rings. The molecule has 0 atom stereocenters. The van der Waals surface area contributed by atoms with E-state index in [1.54, 1.807) is 0 Å². The van der Waals surface area contributed by atoms with Crippen LogP contribution in [0.25, 0.3) is 0 Å². The molecule has 0 aromatic carbocycles. The van der Waals surface area contributed by atoms with Gasteiger partial charge in [0.25, 0.3) is 0 Å². The van der Waals surface area contributed by atoms with Crippen LogP contribution in [0, 0.1) is 0 Å². The molecule has 0 radical (unpaired) electrons. The van der Waals surface area contributed by atoms with Gasteiger partial charge in [0.05, 0.1) is 0 Å². The van der Waals surface area contributed by atoms with Gasteiger partial charge in [0.15, 0.2) is 0 Å². The Morgan fingerprint density at radius 2 is 1.67 bits per heavy atom. The third kappa shape index (κ3) is 9.30. The zero-order valence-corrected chi connectivity index (χ0v) is 10.7. The van der Waals surface area contributed by atoms with Crippen molar-refractivity contribution in [3.8, 4) is 0 Å². The fourth-order valence-corrected chi connectivity index (χ4v) is 2.93. The number of halogens is 3. The summed E-state index contributed by atoms with van der Waals surface area (Å²) in [5.74, 6) is 0. The van der Waals surface area contributed by atoms with Crippen molar-refractivity contribution in [2.24, 2.45) is 0 Å². The lowest BCUT2D eigenvalue weighted by atomic mass is 10.4. The summed E-state index contributed by atoms with van der Waals surface area (Å²) >= 11 is 16.9. The first kappa shape index (κ1) is 10.3. The van der Waals surface area contributed by atoms with Crippen LogP contribution in [-0.2, 0) is 0 Å². The van der Waals surface area contributed by atoms with E-state index in [-0.39, 0.29) is 0 Å². The van der Waals surface area contributed by atoms with E-state index < -0.39 is 6.00 Å². The Kier molecular flexibility index (Phi) is 5.75. The smallest absolute Gasteiger partial charge is 0.126 e. The average Bonchev–Trinajstić information content (AvgIpc) is 1.63. The van der Waals surface area contributed by atoms with Crippen molar-refractivity contribution in [3.05, 3.63) is 0 Å². The summed E-state index contributed by atoms with van der Waals surface area (Å²) in [6.45, 7) is 0. The molecule has 0 spiro atoms. The fraction of sp³-hybridized carbons (Fsp3) is 1.00. The Bertz CT molecular complexity index is 70.7. The zero-order valence-electron chi connectivity index (χ0n) is 5.46. The highest BCUT2D eigenvalue weighted by molar-refractivity contribution is 7.64. The lowest BCUT2D eigenvalue weighted by Gasteiger charge is -2.04. The lowest BCUT2D eigenvalue weighted by molar-refractivity contribution is 0.877. The quantitative estimate of drug-likeness (QED) is 0.388. The number of hydrogen-bond acceptors (Lipinski definition) is 0. The summed E-state index contributed by atoms with van der Waals surface area (Å²) in [7, 11) is 1.28. The van der Waals surface area contributed by atoms with Gasteiger partial charge in [-0.3, -0.25) is 0 Å². The van der Waals surface area contributed by atoms with E-state index in [9.17, 15) is 0 Å². The molecule has 5 heteroatoms. The first-order valence-electron chi connectivity index (χ1n) is 3.13. The molecule has 0 aliphatic heterocycles. The Balaban J connectivity index is 3.07. The van der Waals surface area contributed by atoms with Gasteiger partial charge in [-0.15, -0.1) is 33.2 Å². The second kappa shape index (κ2) is 5.02. The van der Waals surface area contributed by atoms with Gasteiger partial charge in [-0.1, -0.05) is 18.9 Å². The second-order valence-electron chi connectivity index (χ2n) is 2.07. The van der Waals surface area contributed by atoms with Crippen LogP contribution in [0.2, 0.25) is 12.1 Å². The molecule has 0 rings (SSSR count). The molecule has 0 amide bonds. The maximum atomic E-state index is 5.65. The minimum atomic E-state index is -2.26. The average molecular weight is 222 g/mol. The highest BCUT2D eigenvalue weighted by Gasteiger charge is 2.23. The van der Waals surface area contributed by atoms with Crippen LogP contribution in [0.4, 0.5) is 0 Å². The molecule has 0 heterocycles. The van der Waals surface area contributed by atoms with Gasteiger partial charge >= 0.3 is 6.00 Å².